The summed E-state index contributed by atoms with van der Waals surface area (Å²) in [6.45, 7) is 2.87. The van der Waals surface area contributed by atoms with Crippen LogP contribution in [0.3, 0.4) is 0 Å². The van der Waals surface area contributed by atoms with Gasteiger partial charge in [-0.3, -0.25) is 4.99 Å². The second-order valence-corrected chi connectivity index (χ2v) is 2.59. The van der Waals surface area contributed by atoms with Crippen LogP contribution in [0.1, 0.15) is 13.3 Å². The SMILES string of the molecule is CC1=NC(C=O)CCN1C. The van der Waals surface area contributed by atoms with E-state index in [0.717, 1.165) is 25.1 Å². The third kappa shape index (κ3) is 1.35. The number of aliphatic imine (C=N–C) groups is 1. The first kappa shape index (κ1) is 7.25. The second-order valence-electron chi connectivity index (χ2n) is 2.59. The fraction of sp³-hybridized carbons (Fsp3) is 0.714. The van der Waals surface area contributed by atoms with Crippen molar-refractivity contribution >= 4 is 12.1 Å². The lowest BCUT2D eigenvalue weighted by Crippen LogP contribution is -2.34. The van der Waals surface area contributed by atoms with Crippen molar-refractivity contribution in [3.8, 4) is 0 Å². The fourth-order valence-corrected chi connectivity index (χ4v) is 0.989. The zero-order chi connectivity index (χ0) is 7.56. The van der Waals surface area contributed by atoms with Crippen molar-refractivity contribution in [1.29, 1.82) is 0 Å². The second kappa shape index (κ2) is 2.82. The highest BCUT2D eigenvalue weighted by Gasteiger charge is 2.14. The number of hydrogen-bond donors (Lipinski definition) is 0. The average molecular weight is 140 g/mol. The molecule has 56 valence electrons. The van der Waals surface area contributed by atoms with Gasteiger partial charge in [-0.25, -0.2) is 0 Å². The Morgan fingerprint density at radius 3 is 3.00 bits per heavy atom. The number of carbonyl (C=O) groups is 1. The van der Waals surface area contributed by atoms with E-state index in [4.69, 9.17) is 0 Å². The predicted octanol–water partition coefficient (Wildman–Crippen LogP) is 0.308. The van der Waals surface area contributed by atoms with Crippen LogP contribution < -0.4 is 0 Å². The van der Waals surface area contributed by atoms with Crippen molar-refractivity contribution in [1.82, 2.24) is 4.90 Å². The predicted molar refractivity (Wildman–Crippen MR) is 40.2 cm³/mol. The first-order valence-corrected chi connectivity index (χ1v) is 3.45. The van der Waals surface area contributed by atoms with Crippen molar-refractivity contribution < 1.29 is 4.79 Å². The number of aldehydes is 1. The normalized spacial score (nSPS) is 26.0. The molecule has 0 amide bonds. The minimum absolute atomic E-state index is 0.0869. The van der Waals surface area contributed by atoms with Crippen LogP contribution in [0.5, 0.6) is 0 Å². The van der Waals surface area contributed by atoms with Crippen molar-refractivity contribution in [2.45, 2.75) is 19.4 Å². The maximum atomic E-state index is 10.3. The number of hydrogen-bond acceptors (Lipinski definition) is 3. The van der Waals surface area contributed by atoms with Crippen molar-refractivity contribution in [3.63, 3.8) is 0 Å². The molecule has 0 radical (unpaired) electrons. The smallest absolute Gasteiger partial charge is 0.144 e. The highest BCUT2D eigenvalue weighted by atomic mass is 16.1. The van der Waals surface area contributed by atoms with Gasteiger partial charge in [-0.15, -0.1) is 0 Å². The Kier molecular flexibility index (Phi) is 2.04. The van der Waals surface area contributed by atoms with Crippen LogP contribution in [0.25, 0.3) is 0 Å². The van der Waals surface area contributed by atoms with Gasteiger partial charge in [-0.05, 0) is 13.3 Å². The van der Waals surface area contributed by atoms with Crippen molar-refractivity contribution in [2.24, 2.45) is 4.99 Å². The molecule has 0 N–H and O–H groups in total. The minimum Gasteiger partial charge on any atom is -0.364 e. The van der Waals surface area contributed by atoms with E-state index in [1.165, 1.54) is 0 Å². The molecule has 0 saturated heterocycles. The van der Waals surface area contributed by atoms with Crippen molar-refractivity contribution in [3.05, 3.63) is 0 Å². The number of rotatable bonds is 1. The lowest BCUT2D eigenvalue weighted by atomic mass is 10.2. The van der Waals surface area contributed by atoms with Gasteiger partial charge < -0.3 is 9.69 Å². The Morgan fingerprint density at radius 2 is 2.50 bits per heavy atom. The van der Waals surface area contributed by atoms with E-state index in [1.54, 1.807) is 0 Å². The molecule has 0 fully saturated rings. The molecule has 1 heterocycles. The van der Waals surface area contributed by atoms with Crippen LogP contribution in [0, 0.1) is 0 Å². The molecule has 1 unspecified atom stereocenters. The molecule has 1 rings (SSSR count). The first-order valence-electron chi connectivity index (χ1n) is 3.45. The lowest BCUT2D eigenvalue weighted by Gasteiger charge is -2.25. The Morgan fingerprint density at radius 1 is 1.80 bits per heavy atom. The first-order chi connectivity index (χ1) is 4.74. The van der Waals surface area contributed by atoms with Gasteiger partial charge in [0, 0.05) is 13.6 Å². The summed E-state index contributed by atoms with van der Waals surface area (Å²) in [6.07, 6.45) is 1.77. The monoisotopic (exact) mass is 140 g/mol. The van der Waals surface area contributed by atoms with E-state index < -0.39 is 0 Å². The largest absolute Gasteiger partial charge is 0.364 e. The molecule has 3 nitrogen and oxygen atoms in total. The summed E-state index contributed by atoms with van der Waals surface area (Å²) in [7, 11) is 1.99. The Labute approximate surface area is 60.7 Å². The van der Waals surface area contributed by atoms with Gasteiger partial charge in [0.05, 0.1) is 5.84 Å². The van der Waals surface area contributed by atoms with E-state index in [2.05, 4.69) is 9.89 Å². The summed E-state index contributed by atoms with van der Waals surface area (Å²) in [4.78, 5) is 16.5. The van der Waals surface area contributed by atoms with Gasteiger partial charge in [0.25, 0.3) is 0 Å². The molecule has 0 aliphatic carbocycles. The van der Waals surface area contributed by atoms with Crippen LogP contribution in [0.2, 0.25) is 0 Å². The number of nitrogens with zero attached hydrogens (tertiary/aromatic N) is 2. The van der Waals surface area contributed by atoms with Crippen LogP contribution in [0.4, 0.5) is 0 Å². The molecule has 0 bridgehead atoms. The summed E-state index contributed by atoms with van der Waals surface area (Å²) in [6, 6.07) is -0.0869. The van der Waals surface area contributed by atoms with Crippen LogP contribution in [-0.2, 0) is 4.79 Å². The Balaban J connectivity index is 2.65. The standard InChI is InChI=1S/C7H12N2O/c1-6-8-7(5-10)3-4-9(6)2/h5,7H,3-4H2,1-2H3. The quantitative estimate of drug-likeness (QED) is 0.491. The molecular formula is C7H12N2O. The molecule has 1 aliphatic rings. The highest BCUT2D eigenvalue weighted by Crippen LogP contribution is 2.05. The molecular weight excluding hydrogens is 128 g/mol. The minimum atomic E-state index is -0.0869. The number of amidine groups is 1. The lowest BCUT2D eigenvalue weighted by molar-refractivity contribution is -0.109. The van der Waals surface area contributed by atoms with E-state index >= 15 is 0 Å². The van der Waals surface area contributed by atoms with E-state index in [9.17, 15) is 4.79 Å². The summed E-state index contributed by atoms with van der Waals surface area (Å²) < 4.78 is 0. The molecule has 1 atom stereocenters. The third-order valence-corrected chi connectivity index (χ3v) is 1.82. The molecule has 0 aromatic heterocycles. The van der Waals surface area contributed by atoms with E-state index in [-0.39, 0.29) is 6.04 Å². The summed E-state index contributed by atoms with van der Waals surface area (Å²) in [5.74, 6) is 0.961. The van der Waals surface area contributed by atoms with Gasteiger partial charge >= 0.3 is 0 Å². The average Bonchev–Trinajstić information content (AvgIpc) is 1.95. The molecule has 10 heavy (non-hydrogen) atoms. The third-order valence-electron chi connectivity index (χ3n) is 1.82. The summed E-state index contributed by atoms with van der Waals surface area (Å²) >= 11 is 0. The fourth-order valence-electron chi connectivity index (χ4n) is 0.989. The van der Waals surface area contributed by atoms with Gasteiger partial charge in [0.2, 0.25) is 0 Å². The zero-order valence-corrected chi connectivity index (χ0v) is 6.37. The van der Waals surface area contributed by atoms with E-state index in [1.807, 2.05) is 14.0 Å². The maximum Gasteiger partial charge on any atom is 0.144 e. The van der Waals surface area contributed by atoms with Gasteiger partial charge in [0.15, 0.2) is 0 Å². The molecule has 0 saturated carbocycles. The highest BCUT2D eigenvalue weighted by molar-refractivity contribution is 5.82. The van der Waals surface area contributed by atoms with Gasteiger partial charge in [-0.2, -0.15) is 0 Å². The molecule has 0 spiro atoms. The summed E-state index contributed by atoms with van der Waals surface area (Å²) in [5.41, 5.74) is 0. The summed E-state index contributed by atoms with van der Waals surface area (Å²) in [5, 5.41) is 0. The van der Waals surface area contributed by atoms with Crippen molar-refractivity contribution in [2.75, 3.05) is 13.6 Å². The van der Waals surface area contributed by atoms with Gasteiger partial charge in [0.1, 0.15) is 12.3 Å². The topological polar surface area (TPSA) is 32.7 Å². The maximum absolute atomic E-state index is 10.3. The zero-order valence-electron chi connectivity index (χ0n) is 6.37. The van der Waals surface area contributed by atoms with Crippen LogP contribution in [-0.4, -0.2) is 36.7 Å². The Hall–Kier alpha value is -0.860. The molecule has 0 aromatic rings. The van der Waals surface area contributed by atoms with Crippen LogP contribution in [0.15, 0.2) is 4.99 Å². The van der Waals surface area contributed by atoms with E-state index in [0.29, 0.717) is 0 Å². The molecule has 0 aromatic carbocycles. The molecule has 1 aliphatic heterocycles. The Bertz CT molecular complexity index is 165. The van der Waals surface area contributed by atoms with Gasteiger partial charge in [-0.1, -0.05) is 0 Å². The van der Waals surface area contributed by atoms with Crippen LogP contribution >= 0.6 is 0 Å². The number of carbonyl (C=O) groups excluding carboxylic acids is 1. The molecule has 3 heteroatoms.